The average molecular weight is 436 g/mol. The van der Waals surface area contributed by atoms with Gasteiger partial charge in [0.2, 0.25) is 0 Å². The van der Waals surface area contributed by atoms with Crippen molar-refractivity contribution in [1.82, 2.24) is 4.90 Å². The highest BCUT2D eigenvalue weighted by Gasteiger charge is 2.43. The van der Waals surface area contributed by atoms with E-state index in [9.17, 15) is 10.2 Å². The summed E-state index contributed by atoms with van der Waals surface area (Å²) < 4.78 is 0. The second kappa shape index (κ2) is 12.7. The number of fused-ring (bicyclic) bond motifs is 1. The lowest BCUT2D eigenvalue weighted by Gasteiger charge is -2.19. The fourth-order valence-corrected chi connectivity index (χ4v) is 6.68. The first-order chi connectivity index (χ1) is 14.6. The summed E-state index contributed by atoms with van der Waals surface area (Å²) in [5, 5.41) is 21.0. The SMILES string of the molecule is CCCC[C@H](C)C[C@H](O)C=C[C@@H]1[C@H]2CC(CSCCCN3CCCC3)=C[C@H]2C[C@H]1O. The van der Waals surface area contributed by atoms with Gasteiger partial charge in [-0.05, 0) is 81.7 Å². The van der Waals surface area contributed by atoms with Gasteiger partial charge in [-0.25, -0.2) is 0 Å². The van der Waals surface area contributed by atoms with Gasteiger partial charge in [-0.2, -0.15) is 11.8 Å². The average Bonchev–Trinajstić information content (AvgIpc) is 3.42. The van der Waals surface area contributed by atoms with Gasteiger partial charge in [-0.1, -0.05) is 56.9 Å². The van der Waals surface area contributed by atoms with Crippen LogP contribution in [0.4, 0.5) is 0 Å². The van der Waals surface area contributed by atoms with Crippen LogP contribution in [0.5, 0.6) is 0 Å². The van der Waals surface area contributed by atoms with Gasteiger partial charge in [0, 0.05) is 11.7 Å². The van der Waals surface area contributed by atoms with E-state index in [1.165, 1.54) is 63.9 Å². The van der Waals surface area contributed by atoms with Gasteiger partial charge in [0.05, 0.1) is 12.2 Å². The smallest absolute Gasteiger partial charge is 0.0723 e. The summed E-state index contributed by atoms with van der Waals surface area (Å²) in [7, 11) is 0. The third-order valence-electron chi connectivity index (χ3n) is 7.45. The molecule has 1 saturated carbocycles. The Labute approximate surface area is 189 Å². The van der Waals surface area contributed by atoms with Crippen LogP contribution in [0.3, 0.4) is 0 Å². The fraction of sp³-hybridized carbons (Fsp3) is 0.846. The monoisotopic (exact) mass is 435 g/mol. The second-order valence-corrected chi connectivity index (χ2v) is 11.2. The maximum Gasteiger partial charge on any atom is 0.0723 e. The topological polar surface area (TPSA) is 43.7 Å². The zero-order valence-corrected chi connectivity index (χ0v) is 20.2. The highest BCUT2D eigenvalue weighted by molar-refractivity contribution is 7.99. The Morgan fingerprint density at radius 2 is 2.07 bits per heavy atom. The molecule has 3 aliphatic rings. The molecular weight excluding hydrogens is 390 g/mol. The standard InChI is InChI=1S/C26H45NO2S/c1-3-4-8-20(2)15-23(28)9-10-24-25-17-21(16-22(25)18-26(24)29)19-30-14-7-13-27-11-5-6-12-27/h9-10,16,20,22-26,28-29H,3-8,11-15,17-19H2,1-2H3/t20-,22-,23+,24+,25-,26+/m0/s1. The van der Waals surface area contributed by atoms with Crippen molar-refractivity contribution < 1.29 is 10.2 Å². The molecule has 0 unspecified atom stereocenters. The molecule has 6 atom stereocenters. The number of hydrogen-bond donors (Lipinski definition) is 2. The summed E-state index contributed by atoms with van der Waals surface area (Å²) in [5.41, 5.74) is 1.59. The molecule has 0 aromatic rings. The first kappa shape index (κ1) is 24.4. The summed E-state index contributed by atoms with van der Waals surface area (Å²) in [5.74, 6) is 4.28. The third-order valence-corrected chi connectivity index (χ3v) is 8.60. The lowest BCUT2D eigenvalue weighted by Crippen LogP contribution is -2.20. The molecule has 30 heavy (non-hydrogen) atoms. The van der Waals surface area contributed by atoms with Crippen molar-refractivity contribution in [2.45, 2.75) is 83.8 Å². The van der Waals surface area contributed by atoms with E-state index < -0.39 is 0 Å². The molecule has 1 heterocycles. The van der Waals surface area contributed by atoms with Gasteiger partial charge >= 0.3 is 0 Å². The van der Waals surface area contributed by atoms with Crippen molar-refractivity contribution in [2.24, 2.45) is 23.7 Å². The molecular formula is C26H45NO2S. The molecule has 0 amide bonds. The Morgan fingerprint density at radius 3 is 2.83 bits per heavy atom. The van der Waals surface area contributed by atoms with Gasteiger partial charge in [-0.3, -0.25) is 0 Å². The normalized spacial score (nSPS) is 31.4. The first-order valence-electron chi connectivity index (χ1n) is 12.6. The van der Waals surface area contributed by atoms with Gasteiger partial charge < -0.3 is 15.1 Å². The van der Waals surface area contributed by atoms with E-state index in [1.807, 2.05) is 6.08 Å². The molecule has 2 fully saturated rings. The highest BCUT2D eigenvalue weighted by atomic mass is 32.2. The summed E-state index contributed by atoms with van der Waals surface area (Å²) in [6.45, 7) is 8.35. The zero-order chi connectivity index (χ0) is 21.3. The summed E-state index contributed by atoms with van der Waals surface area (Å²) in [6, 6.07) is 0. The van der Waals surface area contributed by atoms with Gasteiger partial charge in [0.25, 0.3) is 0 Å². The molecule has 3 nitrogen and oxygen atoms in total. The van der Waals surface area contributed by atoms with Crippen LogP contribution in [0.25, 0.3) is 0 Å². The minimum Gasteiger partial charge on any atom is -0.392 e. The molecule has 0 bridgehead atoms. The zero-order valence-electron chi connectivity index (χ0n) is 19.3. The van der Waals surface area contributed by atoms with Gasteiger partial charge in [0.15, 0.2) is 0 Å². The van der Waals surface area contributed by atoms with Crippen LogP contribution in [0.2, 0.25) is 0 Å². The number of allylic oxidation sites excluding steroid dienone is 1. The lowest BCUT2D eigenvalue weighted by atomic mass is 9.88. The van der Waals surface area contributed by atoms with E-state index in [-0.39, 0.29) is 18.1 Å². The second-order valence-electron chi connectivity index (χ2n) is 10.1. The van der Waals surface area contributed by atoms with Crippen LogP contribution in [0.15, 0.2) is 23.8 Å². The summed E-state index contributed by atoms with van der Waals surface area (Å²) in [6.07, 6.45) is 16.6. The first-order valence-corrected chi connectivity index (χ1v) is 13.8. The van der Waals surface area contributed by atoms with Crippen LogP contribution in [-0.4, -0.2) is 58.5 Å². The van der Waals surface area contributed by atoms with E-state index in [0.29, 0.717) is 17.8 Å². The Bertz CT molecular complexity index is 557. The number of likely N-dealkylation sites (tertiary alicyclic amines) is 1. The third kappa shape index (κ3) is 7.39. The largest absolute Gasteiger partial charge is 0.392 e. The minimum absolute atomic E-state index is 0.213. The predicted octanol–water partition coefficient (Wildman–Crippen LogP) is 5.28. The Kier molecular flexibility index (Phi) is 10.3. The van der Waals surface area contributed by atoms with Gasteiger partial charge in [0.1, 0.15) is 0 Å². The number of aliphatic hydroxyl groups is 2. The Hall–Kier alpha value is -0.290. The van der Waals surface area contributed by atoms with E-state index in [4.69, 9.17) is 0 Å². The van der Waals surface area contributed by atoms with Crippen molar-refractivity contribution in [1.29, 1.82) is 0 Å². The van der Waals surface area contributed by atoms with E-state index in [0.717, 1.165) is 25.0 Å². The van der Waals surface area contributed by atoms with Crippen LogP contribution < -0.4 is 0 Å². The number of nitrogens with zero attached hydrogens (tertiary/aromatic N) is 1. The minimum atomic E-state index is -0.372. The maximum atomic E-state index is 10.6. The molecule has 0 aromatic carbocycles. The van der Waals surface area contributed by atoms with Crippen LogP contribution in [0, 0.1) is 23.7 Å². The Balaban J connectivity index is 1.36. The van der Waals surface area contributed by atoms with Crippen LogP contribution >= 0.6 is 11.8 Å². The van der Waals surface area contributed by atoms with Crippen molar-refractivity contribution in [3.05, 3.63) is 23.8 Å². The molecule has 0 spiro atoms. The lowest BCUT2D eigenvalue weighted by molar-refractivity contribution is 0.139. The number of aliphatic hydroxyl groups excluding tert-OH is 2. The van der Waals surface area contributed by atoms with Crippen molar-refractivity contribution in [3.63, 3.8) is 0 Å². The molecule has 172 valence electrons. The molecule has 0 aromatic heterocycles. The number of unbranched alkanes of at least 4 members (excludes halogenated alkanes) is 1. The van der Waals surface area contributed by atoms with Crippen LogP contribution in [-0.2, 0) is 0 Å². The van der Waals surface area contributed by atoms with E-state index in [1.54, 1.807) is 5.57 Å². The molecule has 1 aliphatic heterocycles. The van der Waals surface area contributed by atoms with Crippen molar-refractivity contribution in [2.75, 3.05) is 31.1 Å². The van der Waals surface area contributed by atoms with E-state index >= 15 is 0 Å². The summed E-state index contributed by atoms with van der Waals surface area (Å²) >= 11 is 2.09. The molecule has 3 rings (SSSR count). The fourth-order valence-electron chi connectivity index (χ4n) is 5.73. The van der Waals surface area contributed by atoms with Crippen molar-refractivity contribution in [3.8, 4) is 0 Å². The highest BCUT2D eigenvalue weighted by Crippen LogP contribution is 2.47. The number of rotatable bonds is 13. The number of thioether (sulfide) groups is 1. The van der Waals surface area contributed by atoms with Crippen molar-refractivity contribution >= 4 is 11.8 Å². The molecule has 2 N–H and O–H groups in total. The number of hydrogen-bond acceptors (Lipinski definition) is 4. The van der Waals surface area contributed by atoms with E-state index in [2.05, 4.69) is 42.7 Å². The molecule has 2 aliphatic carbocycles. The predicted molar refractivity (Wildman–Crippen MR) is 130 cm³/mol. The quantitative estimate of drug-likeness (QED) is 0.305. The maximum absolute atomic E-state index is 10.6. The molecule has 0 radical (unpaired) electrons. The van der Waals surface area contributed by atoms with Gasteiger partial charge in [-0.15, -0.1) is 0 Å². The Morgan fingerprint density at radius 1 is 1.27 bits per heavy atom. The van der Waals surface area contributed by atoms with Crippen LogP contribution in [0.1, 0.15) is 71.6 Å². The summed E-state index contributed by atoms with van der Waals surface area (Å²) in [4.78, 5) is 2.61. The molecule has 1 saturated heterocycles. The molecule has 4 heteroatoms.